The minimum Gasteiger partial charge on any atom is -0.481 e. The number of urea groups is 1. The Morgan fingerprint density at radius 3 is 1.80 bits per heavy atom. The number of anilines is 1. The van der Waals surface area contributed by atoms with Gasteiger partial charge in [0.25, 0.3) is 0 Å². The van der Waals surface area contributed by atoms with E-state index in [1.165, 1.54) is 18.1 Å². The molecule has 28 heteroatoms. The standard InChI is InChI=1S/C67H90N10O17S/c1-42(81)95-41-57(84)71-49(39-79)61(88)73-50(40-80)62(89)72-48(38-78)60(87)70-35-32-56(83)69-34-17-19-37-77-52-30-28-43-20-11-12-21-44(43)59(52)67(4,5)54(77)26-9-6-8-25-53-66(2,3)45-22-13-14-24-51(45)76(53)36-18-7-10-27-55(82)68-33-16-15-23-46(63(90)91)74-65(94)75-47(64(92)93)29-31-58(85)86/h6,8-9,11-14,20-22,24-26,28,30,46-50,78-80H,7,10,15-19,23,27,29,31-41H2,1-5H3,(H10-,68,69,70,71,72,73,74,75,82,83,84,85,86,87,88,89,90,91,92,93,94)/p+1/t46-,47-,48+,49+,50+/m0/s1. The lowest BCUT2D eigenvalue weighted by atomic mass is 9.79. The Morgan fingerprint density at radius 1 is 0.558 bits per heavy atom. The van der Waals surface area contributed by atoms with Crippen LogP contribution in [0.2, 0.25) is 0 Å². The molecule has 95 heavy (non-hydrogen) atoms. The van der Waals surface area contributed by atoms with Crippen LogP contribution in [0.25, 0.3) is 10.8 Å². The Labute approximate surface area is 556 Å². The highest BCUT2D eigenvalue weighted by atomic mass is 32.2. The van der Waals surface area contributed by atoms with Crippen LogP contribution in [0.1, 0.15) is 123 Å². The van der Waals surface area contributed by atoms with E-state index >= 15 is 0 Å². The van der Waals surface area contributed by atoms with Crippen LogP contribution in [0.5, 0.6) is 0 Å². The number of rotatable bonds is 40. The SMILES string of the molecule is CC(=O)SCC(=O)N[C@H](CO)C(=O)N[C@H](CO)C(=O)N[C@H](CO)C(=O)NCCC(=O)NCCCC[N+]1=C(C=CC=CC=C2N(CCCCCC(=O)NCCCC[C@H](NC(=O)N[C@@H](CCC(=O)O)C(=O)O)C(=O)O)c3ccccc3C2(C)C)C(C)(C)c2c1ccc1ccccc21. The van der Waals surface area contributed by atoms with Gasteiger partial charge >= 0.3 is 23.9 Å². The molecule has 0 saturated heterocycles. The number of carbonyl (C=O) groups excluding carboxylic acids is 8. The molecule has 3 aromatic rings. The van der Waals surface area contributed by atoms with Crippen molar-refractivity contribution < 1.29 is 88.0 Å². The number of aliphatic carboxylic acids is 3. The molecule has 2 aliphatic rings. The predicted molar refractivity (Wildman–Crippen MR) is 357 cm³/mol. The van der Waals surface area contributed by atoms with Gasteiger partial charge in [-0.15, -0.1) is 0 Å². The Morgan fingerprint density at radius 2 is 1.16 bits per heavy atom. The van der Waals surface area contributed by atoms with Crippen molar-refractivity contribution >= 4 is 104 Å². The van der Waals surface area contributed by atoms with Crippen molar-refractivity contribution in [3.05, 3.63) is 108 Å². The number of amides is 8. The number of thioether (sulfide) groups is 1. The largest absolute Gasteiger partial charge is 0.481 e. The van der Waals surface area contributed by atoms with Gasteiger partial charge in [-0.3, -0.25) is 38.4 Å². The van der Waals surface area contributed by atoms with Gasteiger partial charge in [-0.1, -0.05) is 92.7 Å². The molecule has 0 aromatic heterocycles. The summed E-state index contributed by atoms with van der Waals surface area (Å²) in [6, 6.07) is 12.4. The van der Waals surface area contributed by atoms with Crippen molar-refractivity contribution in [1.29, 1.82) is 0 Å². The summed E-state index contributed by atoms with van der Waals surface area (Å²) in [7, 11) is 0. The molecule has 516 valence electrons. The summed E-state index contributed by atoms with van der Waals surface area (Å²) in [6.07, 6.45) is 14.2. The molecule has 8 amide bonds. The van der Waals surface area contributed by atoms with Gasteiger partial charge in [-0.25, -0.2) is 14.4 Å². The highest BCUT2D eigenvalue weighted by Crippen LogP contribution is 2.48. The van der Waals surface area contributed by atoms with E-state index in [-0.39, 0.29) is 59.3 Å². The molecule has 27 nitrogen and oxygen atoms in total. The van der Waals surface area contributed by atoms with Crippen LogP contribution in [0, 0.1) is 0 Å². The zero-order chi connectivity index (χ0) is 69.8. The summed E-state index contributed by atoms with van der Waals surface area (Å²) >= 11 is 0.682. The number of fused-ring (bicyclic) bond motifs is 4. The first-order valence-electron chi connectivity index (χ1n) is 31.8. The van der Waals surface area contributed by atoms with Crippen molar-refractivity contribution in [2.45, 2.75) is 153 Å². The summed E-state index contributed by atoms with van der Waals surface area (Å²) in [6.45, 7) is 9.33. The van der Waals surface area contributed by atoms with Gasteiger partial charge < -0.3 is 78.1 Å². The average molecular weight is 1340 g/mol. The number of carboxylic acid groups (broad SMARTS) is 3. The zero-order valence-electron chi connectivity index (χ0n) is 54.4. The monoisotopic (exact) mass is 1340 g/mol. The van der Waals surface area contributed by atoms with Crippen LogP contribution < -0.4 is 47.4 Å². The minimum absolute atomic E-state index is 0.0188. The van der Waals surface area contributed by atoms with E-state index in [0.29, 0.717) is 69.9 Å². The normalized spacial score (nSPS) is 15.7. The first-order chi connectivity index (χ1) is 45.2. The fourth-order valence-corrected chi connectivity index (χ4v) is 11.8. The summed E-state index contributed by atoms with van der Waals surface area (Å²) in [5.41, 5.74) is 6.19. The second-order valence-corrected chi connectivity index (χ2v) is 25.2. The van der Waals surface area contributed by atoms with Crippen LogP contribution in [-0.4, -0.2) is 194 Å². The lowest BCUT2D eigenvalue weighted by Crippen LogP contribution is -2.59. The Kier molecular flexibility index (Phi) is 30.5. The number of nitrogens with zero attached hydrogens (tertiary/aromatic N) is 2. The quantitative estimate of drug-likeness (QED) is 0.0221. The number of hydrogen-bond acceptors (Lipinski definition) is 16. The molecule has 5 atom stereocenters. The number of aliphatic hydroxyl groups is 3. The van der Waals surface area contributed by atoms with Gasteiger partial charge in [0.05, 0.1) is 31.0 Å². The molecule has 5 rings (SSSR count). The number of hydrogen-bond donors (Lipinski definition) is 14. The van der Waals surface area contributed by atoms with Gasteiger partial charge in [-0.2, -0.15) is 4.58 Å². The van der Waals surface area contributed by atoms with Crippen molar-refractivity contribution in [2.75, 3.05) is 63.2 Å². The average Bonchev–Trinajstić information content (AvgIpc) is 1.59. The van der Waals surface area contributed by atoms with Crippen LogP contribution in [0.3, 0.4) is 0 Å². The van der Waals surface area contributed by atoms with Crippen LogP contribution in [-0.2, 0) is 58.8 Å². The van der Waals surface area contributed by atoms with E-state index < -0.39 is 104 Å². The number of benzene rings is 3. The molecule has 0 bridgehead atoms. The van der Waals surface area contributed by atoms with Gasteiger partial charge in [0.1, 0.15) is 36.8 Å². The van der Waals surface area contributed by atoms with Gasteiger partial charge in [0.15, 0.2) is 10.8 Å². The second-order valence-electron chi connectivity index (χ2n) is 24.1. The first kappa shape index (κ1) is 76.7. The number of nitrogens with one attached hydrogen (secondary N) is 8. The Bertz CT molecular complexity index is 3380. The number of carboxylic acids is 3. The highest BCUT2D eigenvalue weighted by molar-refractivity contribution is 8.14. The maximum Gasteiger partial charge on any atom is 0.326 e. The van der Waals surface area contributed by atoms with E-state index in [9.17, 15) is 78.3 Å². The number of aliphatic hydroxyl groups excluding tert-OH is 3. The lowest BCUT2D eigenvalue weighted by molar-refractivity contribution is -0.438. The molecule has 0 aliphatic carbocycles. The van der Waals surface area contributed by atoms with Crippen molar-refractivity contribution in [2.24, 2.45) is 0 Å². The smallest absolute Gasteiger partial charge is 0.326 e. The number of allylic oxidation sites excluding steroid dienone is 6. The topological polar surface area (TPSA) is 412 Å². The first-order valence-corrected chi connectivity index (χ1v) is 32.7. The van der Waals surface area contributed by atoms with Crippen LogP contribution in [0.15, 0.2) is 96.7 Å². The molecule has 0 saturated carbocycles. The van der Waals surface area contributed by atoms with E-state index in [1.54, 1.807) is 0 Å². The van der Waals surface area contributed by atoms with Crippen LogP contribution in [0.4, 0.5) is 16.2 Å². The third kappa shape index (κ3) is 22.9. The fourth-order valence-electron chi connectivity index (χ4n) is 11.3. The highest BCUT2D eigenvalue weighted by Gasteiger charge is 2.45. The molecular weight excluding hydrogens is 1250 g/mol. The molecule has 2 heterocycles. The van der Waals surface area contributed by atoms with E-state index in [0.717, 1.165) is 52.9 Å². The number of carbonyl (C=O) groups is 11. The van der Waals surface area contributed by atoms with E-state index in [4.69, 9.17) is 5.11 Å². The van der Waals surface area contributed by atoms with E-state index in [2.05, 4.69) is 140 Å². The molecule has 3 aromatic carbocycles. The molecule has 0 fully saturated rings. The molecular formula is C67H91N10O17S+. The summed E-state index contributed by atoms with van der Waals surface area (Å²) in [5, 5.41) is 78.3. The third-order valence-electron chi connectivity index (χ3n) is 16.3. The summed E-state index contributed by atoms with van der Waals surface area (Å²) < 4.78 is 2.34. The molecule has 2 aliphatic heterocycles. The van der Waals surface area contributed by atoms with Crippen molar-refractivity contribution in [3.8, 4) is 0 Å². The molecule has 0 radical (unpaired) electrons. The van der Waals surface area contributed by atoms with Crippen LogP contribution >= 0.6 is 11.8 Å². The van der Waals surface area contributed by atoms with Gasteiger partial charge in [0.2, 0.25) is 41.1 Å². The van der Waals surface area contributed by atoms with Gasteiger partial charge in [-0.05, 0) is 93.3 Å². The molecule has 0 spiro atoms. The minimum atomic E-state index is -1.64. The fraction of sp³-hybridized carbons (Fsp3) is 0.493. The summed E-state index contributed by atoms with van der Waals surface area (Å²) in [4.78, 5) is 136. The Balaban J connectivity index is 1.12. The summed E-state index contributed by atoms with van der Waals surface area (Å²) in [5.74, 6) is -8.48. The number of para-hydroxylation sites is 1. The zero-order valence-corrected chi connectivity index (χ0v) is 55.2. The predicted octanol–water partition coefficient (Wildman–Crippen LogP) is 3.04. The third-order valence-corrected chi connectivity index (χ3v) is 17.1. The molecule has 14 N–H and O–H groups in total. The van der Waals surface area contributed by atoms with E-state index in [1.807, 2.05) is 30.3 Å². The lowest BCUT2D eigenvalue weighted by Gasteiger charge is -2.27. The van der Waals surface area contributed by atoms with Gasteiger partial charge in [0, 0.05) is 93.3 Å². The van der Waals surface area contributed by atoms with Crippen molar-refractivity contribution in [3.63, 3.8) is 0 Å². The Hall–Kier alpha value is -8.99. The maximum absolute atomic E-state index is 12.9. The van der Waals surface area contributed by atoms with Crippen molar-refractivity contribution in [1.82, 2.24) is 42.5 Å². The maximum atomic E-state index is 12.9. The second kappa shape index (κ2) is 37.8. The number of unbranched alkanes of at least 4 members (excludes halogenated alkanes) is 4. The molecule has 0 unspecified atom stereocenters.